The number of rotatable bonds is 7. The van der Waals surface area contributed by atoms with Crippen molar-refractivity contribution in [2.24, 2.45) is 0 Å². The molecule has 1 fully saturated rings. The molecule has 0 N–H and O–H groups in total. The van der Waals surface area contributed by atoms with Crippen LogP contribution in [0.5, 0.6) is 11.5 Å². The van der Waals surface area contributed by atoms with Gasteiger partial charge in [0, 0.05) is 42.8 Å². The molecule has 1 saturated heterocycles. The monoisotopic (exact) mass is 444 g/mol. The van der Waals surface area contributed by atoms with E-state index in [1.165, 1.54) is 0 Å². The number of amides is 1. The molecular formula is C24H29ClN2O4. The zero-order valence-corrected chi connectivity index (χ0v) is 18.8. The van der Waals surface area contributed by atoms with Crippen molar-refractivity contribution in [2.75, 3.05) is 33.0 Å². The maximum Gasteiger partial charge on any atom is 0.254 e. The molecule has 0 aliphatic carbocycles. The van der Waals surface area contributed by atoms with Crippen LogP contribution in [0.25, 0.3) is 0 Å². The van der Waals surface area contributed by atoms with Crippen LogP contribution in [0.15, 0.2) is 42.5 Å². The third kappa shape index (κ3) is 5.14. The number of carbonyl (C=O) groups is 1. The Morgan fingerprint density at radius 3 is 2.84 bits per heavy atom. The predicted molar refractivity (Wildman–Crippen MR) is 120 cm³/mol. The highest BCUT2D eigenvalue weighted by atomic mass is 35.5. The lowest BCUT2D eigenvalue weighted by Crippen LogP contribution is -2.50. The number of ether oxygens (including phenoxy) is 3. The first kappa shape index (κ1) is 21.9. The Morgan fingerprint density at radius 2 is 2.03 bits per heavy atom. The van der Waals surface area contributed by atoms with Crippen molar-refractivity contribution in [3.63, 3.8) is 0 Å². The number of nitrogens with zero attached hydrogens (tertiary/aromatic N) is 2. The molecule has 7 heteroatoms. The number of hydrogen-bond donors (Lipinski definition) is 0. The fraction of sp³-hybridized carbons (Fsp3) is 0.458. The number of carbonyl (C=O) groups excluding carboxylic acids is 1. The number of halogens is 1. The summed E-state index contributed by atoms with van der Waals surface area (Å²) >= 11 is 6.34. The summed E-state index contributed by atoms with van der Waals surface area (Å²) in [7, 11) is 0. The van der Waals surface area contributed by atoms with E-state index in [0.29, 0.717) is 30.2 Å². The molecule has 6 nitrogen and oxygen atoms in total. The summed E-state index contributed by atoms with van der Waals surface area (Å²) in [6, 6.07) is 13.4. The van der Waals surface area contributed by atoms with Gasteiger partial charge in [-0.2, -0.15) is 0 Å². The van der Waals surface area contributed by atoms with E-state index < -0.39 is 0 Å². The van der Waals surface area contributed by atoms with Gasteiger partial charge in [-0.1, -0.05) is 36.7 Å². The van der Waals surface area contributed by atoms with Crippen LogP contribution in [0.1, 0.15) is 36.2 Å². The number of morpholine rings is 1. The molecule has 0 spiro atoms. The molecule has 2 aliphatic heterocycles. The van der Waals surface area contributed by atoms with Crippen LogP contribution in [-0.4, -0.2) is 60.9 Å². The van der Waals surface area contributed by atoms with Gasteiger partial charge in [-0.05, 0) is 43.2 Å². The third-order valence-electron chi connectivity index (χ3n) is 5.98. The predicted octanol–water partition coefficient (Wildman–Crippen LogP) is 4.21. The highest BCUT2D eigenvalue weighted by Gasteiger charge is 2.29. The quantitative estimate of drug-likeness (QED) is 0.640. The van der Waals surface area contributed by atoms with E-state index in [1.54, 1.807) is 18.2 Å². The molecule has 1 amide bonds. The molecule has 2 unspecified atom stereocenters. The summed E-state index contributed by atoms with van der Waals surface area (Å²) in [4.78, 5) is 17.6. The van der Waals surface area contributed by atoms with Crippen molar-refractivity contribution in [3.05, 3.63) is 58.6 Å². The third-order valence-corrected chi connectivity index (χ3v) is 6.35. The lowest BCUT2D eigenvalue weighted by molar-refractivity contribution is -0.0465. The van der Waals surface area contributed by atoms with E-state index in [0.717, 1.165) is 36.6 Å². The maximum atomic E-state index is 13.4. The van der Waals surface area contributed by atoms with E-state index in [4.69, 9.17) is 25.8 Å². The Morgan fingerprint density at radius 1 is 1.23 bits per heavy atom. The normalized spacial score (nSPS) is 19.3. The summed E-state index contributed by atoms with van der Waals surface area (Å²) in [6.45, 7) is 7.93. The van der Waals surface area contributed by atoms with Gasteiger partial charge in [-0.15, -0.1) is 0 Å². The van der Waals surface area contributed by atoms with Crippen LogP contribution in [0, 0.1) is 0 Å². The van der Waals surface area contributed by atoms with Gasteiger partial charge in [-0.25, -0.2) is 0 Å². The molecule has 2 heterocycles. The first-order valence-electron chi connectivity index (χ1n) is 10.8. The molecule has 31 heavy (non-hydrogen) atoms. The SMILES string of the molecule is CCC(C)N(CC1CN(Cc2ccccc2Cl)CCO1)C(=O)c1ccc2c(c1)OCO2. The van der Waals surface area contributed by atoms with Crippen molar-refractivity contribution < 1.29 is 19.0 Å². The van der Waals surface area contributed by atoms with E-state index in [9.17, 15) is 4.79 Å². The van der Waals surface area contributed by atoms with E-state index in [1.807, 2.05) is 23.1 Å². The number of fused-ring (bicyclic) bond motifs is 1. The zero-order valence-electron chi connectivity index (χ0n) is 18.1. The van der Waals surface area contributed by atoms with Crippen LogP contribution in [0.2, 0.25) is 5.02 Å². The van der Waals surface area contributed by atoms with Crippen LogP contribution in [0.3, 0.4) is 0 Å². The van der Waals surface area contributed by atoms with E-state index in [2.05, 4.69) is 24.8 Å². The fourth-order valence-electron chi connectivity index (χ4n) is 4.00. The van der Waals surface area contributed by atoms with Gasteiger partial charge in [0.15, 0.2) is 11.5 Å². The summed E-state index contributed by atoms with van der Waals surface area (Å²) in [6.07, 6.45) is 0.815. The second-order valence-corrected chi connectivity index (χ2v) is 8.51. The molecule has 2 aromatic rings. The summed E-state index contributed by atoms with van der Waals surface area (Å²) in [5.74, 6) is 1.28. The summed E-state index contributed by atoms with van der Waals surface area (Å²) in [5, 5.41) is 0.782. The van der Waals surface area contributed by atoms with Gasteiger partial charge >= 0.3 is 0 Å². The second-order valence-electron chi connectivity index (χ2n) is 8.10. The van der Waals surface area contributed by atoms with Crippen LogP contribution in [0.4, 0.5) is 0 Å². The highest BCUT2D eigenvalue weighted by molar-refractivity contribution is 6.31. The first-order chi connectivity index (χ1) is 15.0. The second kappa shape index (κ2) is 9.90. The Labute approximate surface area is 188 Å². The highest BCUT2D eigenvalue weighted by Crippen LogP contribution is 2.33. The number of benzene rings is 2. The minimum atomic E-state index is -0.0526. The Hall–Kier alpha value is -2.28. The lowest BCUT2D eigenvalue weighted by Gasteiger charge is -2.37. The van der Waals surface area contributed by atoms with Gasteiger partial charge in [0.05, 0.1) is 12.7 Å². The molecule has 0 bridgehead atoms. The minimum Gasteiger partial charge on any atom is -0.454 e. The average molecular weight is 445 g/mol. The van der Waals surface area contributed by atoms with Crippen LogP contribution in [-0.2, 0) is 11.3 Å². The standard InChI is InChI=1S/C24H29ClN2O4/c1-3-17(2)27(24(28)18-8-9-22-23(12-18)31-16-30-22)15-20-14-26(10-11-29-20)13-19-6-4-5-7-21(19)25/h4-9,12,17,20H,3,10-11,13-16H2,1-2H3. The molecular weight excluding hydrogens is 416 g/mol. The van der Waals surface area contributed by atoms with Gasteiger partial charge in [-0.3, -0.25) is 9.69 Å². The molecule has 0 aromatic heterocycles. The number of hydrogen-bond acceptors (Lipinski definition) is 5. The first-order valence-corrected chi connectivity index (χ1v) is 11.2. The van der Waals surface area contributed by atoms with Gasteiger partial charge in [0.1, 0.15) is 0 Å². The molecule has 0 radical (unpaired) electrons. The minimum absolute atomic E-state index is 0.0144. The Bertz CT molecular complexity index is 922. The van der Waals surface area contributed by atoms with Crippen molar-refractivity contribution in [3.8, 4) is 11.5 Å². The smallest absolute Gasteiger partial charge is 0.254 e. The molecule has 2 aromatic carbocycles. The van der Waals surface area contributed by atoms with E-state index in [-0.39, 0.29) is 24.8 Å². The van der Waals surface area contributed by atoms with Crippen molar-refractivity contribution in [1.29, 1.82) is 0 Å². The fourth-order valence-corrected chi connectivity index (χ4v) is 4.20. The van der Waals surface area contributed by atoms with Crippen molar-refractivity contribution in [1.82, 2.24) is 9.80 Å². The van der Waals surface area contributed by atoms with Gasteiger partial charge in [0.25, 0.3) is 5.91 Å². The van der Waals surface area contributed by atoms with Crippen LogP contribution >= 0.6 is 11.6 Å². The summed E-state index contributed by atoms with van der Waals surface area (Å²) in [5.41, 5.74) is 1.72. The Balaban J connectivity index is 1.44. The zero-order chi connectivity index (χ0) is 21.8. The maximum absolute atomic E-state index is 13.4. The molecule has 0 saturated carbocycles. The van der Waals surface area contributed by atoms with Crippen LogP contribution < -0.4 is 9.47 Å². The van der Waals surface area contributed by atoms with E-state index >= 15 is 0 Å². The van der Waals surface area contributed by atoms with Crippen molar-refractivity contribution in [2.45, 2.75) is 39.0 Å². The molecule has 2 aliphatic rings. The molecule has 4 rings (SSSR count). The van der Waals surface area contributed by atoms with Gasteiger partial charge < -0.3 is 19.1 Å². The average Bonchev–Trinajstić information content (AvgIpc) is 3.26. The van der Waals surface area contributed by atoms with Crippen molar-refractivity contribution >= 4 is 17.5 Å². The Kier molecular flexibility index (Phi) is 7.00. The largest absolute Gasteiger partial charge is 0.454 e. The lowest BCUT2D eigenvalue weighted by atomic mass is 10.1. The molecule has 2 atom stereocenters. The topological polar surface area (TPSA) is 51.2 Å². The summed E-state index contributed by atoms with van der Waals surface area (Å²) < 4.78 is 16.9. The molecule has 166 valence electrons. The van der Waals surface area contributed by atoms with Gasteiger partial charge in [0.2, 0.25) is 6.79 Å².